The van der Waals surface area contributed by atoms with Gasteiger partial charge in [-0.15, -0.1) is 0 Å². The van der Waals surface area contributed by atoms with E-state index < -0.39 is 0 Å². The summed E-state index contributed by atoms with van der Waals surface area (Å²) in [5, 5.41) is 9.75. The number of rotatable bonds is 1. The Morgan fingerprint density at radius 1 is 0.900 bits per heavy atom. The van der Waals surface area contributed by atoms with Gasteiger partial charge in [0.05, 0.1) is 0 Å². The first-order chi connectivity index (χ1) is 9.66. The van der Waals surface area contributed by atoms with Crippen molar-refractivity contribution in [3.8, 4) is 5.75 Å². The third-order valence-electron chi connectivity index (χ3n) is 3.38. The highest BCUT2D eigenvalue weighted by Crippen LogP contribution is 2.28. The van der Waals surface area contributed by atoms with Gasteiger partial charge in [-0.25, -0.2) is 0 Å². The van der Waals surface area contributed by atoms with Crippen LogP contribution in [0.2, 0.25) is 0 Å². The largest absolute Gasteiger partial charge is 0.507 e. The van der Waals surface area contributed by atoms with Gasteiger partial charge in [0.25, 0.3) is 0 Å². The Morgan fingerprint density at radius 3 is 2.30 bits per heavy atom. The number of phenols is 1. The van der Waals surface area contributed by atoms with Gasteiger partial charge in [0.1, 0.15) is 5.75 Å². The van der Waals surface area contributed by atoms with E-state index >= 15 is 0 Å². The third kappa shape index (κ3) is 2.03. The van der Waals surface area contributed by atoms with Crippen LogP contribution in [0.1, 0.15) is 32.7 Å². The molecule has 2 aromatic carbocycles. The van der Waals surface area contributed by atoms with Crippen LogP contribution >= 0.6 is 0 Å². The Hall–Kier alpha value is -2.68. The molecule has 98 valence electrons. The summed E-state index contributed by atoms with van der Waals surface area (Å²) in [4.78, 5) is 24.4. The van der Waals surface area contributed by atoms with Crippen molar-refractivity contribution in [1.29, 1.82) is 0 Å². The Balaban J connectivity index is 2.08. The topological polar surface area (TPSA) is 54.4 Å². The van der Waals surface area contributed by atoms with Crippen molar-refractivity contribution in [3.63, 3.8) is 0 Å². The van der Waals surface area contributed by atoms with Gasteiger partial charge in [-0.3, -0.25) is 9.59 Å². The van der Waals surface area contributed by atoms with E-state index in [9.17, 15) is 14.7 Å². The van der Waals surface area contributed by atoms with Gasteiger partial charge in [0.15, 0.2) is 11.6 Å². The molecule has 0 amide bonds. The van der Waals surface area contributed by atoms with Crippen molar-refractivity contribution in [2.24, 2.45) is 0 Å². The number of carbonyl (C=O) groups is 2. The minimum absolute atomic E-state index is 0.0677. The normalized spacial score (nSPS) is 16.3. The van der Waals surface area contributed by atoms with Gasteiger partial charge in [0.2, 0.25) is 0 Å². The van der Waals surface area contributed by atoms with E-state index in [1.54, 1.807) is 54.6 Å². The van der Waals surface area contributed by atoms with E-state index in [4.69, 9.17) is 0 Å². The van der Waals surface area contributed by atoms with Crippen LogP contribution in [0, 0.1) is 0 Å². The van der Waals surface area contributed by atoms with Crippen molar-refractivity contribution >= 4 is 17.6 Å². The summed E-state index contributed by atoms with van der Waals surface area (Å²) in [6, 6.07) is 13.6. The van der Waals surface area contributed by atoms with E-state index in [0.717, 1.165) is 0 Å². The number of hydrogen-bond acceptors (Lipinski definition) is 3. The van der Waals surface area contributed by atoms with E-state index in [-0.39, 0.29) is 23.7 Å². The van der Waals surface area contributed by atoms with E-state index in [0.29, 0.717) is 22.3 Å². The summed E-state index contributed by atoms with van der Waals surface area (Å²) in [7, 11) is 0. The van der Waals surface area contributed by atoms with Gasteiger partial charge in [-0.2, -0.15) is 0 Å². The number of allylic oxidation sites excluding steroid dienone is 1. The lowest BCUT2D eigenvalue weighted by molar-refractivity contribution is 0.0936. The highest BCUT2D eigenvalue weighted by Gasteiger charge is 2.27. The number of ketones is 2. The van der Waals surface area contributed by atoms with Crippen LogP contribution in [0.3, 0.4) is 0 Å². The second kappa shape index (κ2) is 4.78. The predicted molar refractivity (Wildman–Crippen MR) is 75.8 cm³/mol. The van der Waals surface area contributed by atoms with Crippen molar-refractivity contribution in [3.05, 3.63) is 70.8 Å². The molecule has 1 aliphatic carbocycles. The SMILES string of the molecule is O=C1C/C(=C\c2ccccc2O)C(=O)c2ccccc21. The predicted octanol–water partition coefficient (Wildman–Crippen LogP) is 3.24. The zero-order chi connectivity index (χ0) is 14.1. The Bertz CT molecular complexity index is 741. The number of phenolic OH excluding ortho intramolecular Hbond substituents is 1. The minimum Gasteiger partial charge on any atom is -0.507 e. The zero-order valence-electron chi connectivity index (χ0n) is 10.7. The maximum Gasteiger partial charge on any atom is 0.190 e. The van der Waals surface area contributed by atoms with E-state index in [2.05, 4.69) is 0 Å². The monoisotopic (exact) mass is 264 g/mol. The van der Waals surface area contributed by atoms with Crippen molar-refractivity contribution in [2.45, 2.75) is 6.42 Å². The Labute approximate surface area is 116 Å². The fourth-order valence-electron chi connectivity index (χ4n) is 2.36. The van der Waals surface area contributed by atoms with Crippen LogP contribution in [0.5, 0.6) is 5.75 Å². The number of Topliss-reactive ketones (excluding diaryl/α,β-unsaturated/α-hetero) is 2. The number of aromatic hydroxyl groups is 1. The van der Waals surface area contributed by atoms with Crippen molar-refractivity contribution in [2.75, 3.05) is 0 Å². The molecule has 0 unspecified atom stereocenters. The molecule has 1 N–H and O–H groups in total. The molecule has 0 bridgehead atoms. The highest BCUT2D eigenvalue weighted by atomic mass is 16.3. The molecule has 0 radical (unpaired) electrons. The van der Waals surface area contributed by atoms with Crippen LogP contribution in [-0.4, -0.2) is 16.7 Å². The summed E-state index contributed by atoms with van der Waals surface area (Å²) >= 11 is 0. The van der Waals surface area contributed by atoms with Crippen LogP contribution in [0.15, 0.2) is 54.1 Å². The molecule has 0 saturated heterocycles. The number of para-hydroxylation sites is 1. The molecule has 3 rings (SSSR count). The zero-order valence-corrected chi connectivity index (χ0v) is 10.7. The number of benzene rings is 2. The van der Waals surface area contributed by atoms with Crippen LogP contribution < -0.4 is 0 Å². The van der Waals surface area contributed by atoms with Crippen LogP contribution in [-0.2, 0) is 0 Å². The second-order valence-corrected chi connectivity index (χ2v) is 4.70. The van der Waals surface area contributed by atoms with Gasteiger partial charge in [0, 0.05) is 28.7 Å². The summed E-state index contributed by atoms with van der Waals surface area (Å²) < 4.78 is 0. The summed E-state index contributed by atoms with van der Waals surface area (Å²) in [6.45, 7) is 0. The van der Waals surface area contributed by atoms with Crippen LogP contribution in [0.25, 0.3) is 6.08 Å². The molecule has 3 heteroatoms. The average molecular weight is 264 g/mol. The first kappa shape index (κ1) is 12.4. The summed E-state index contributed by atoms with van der Waals surface area (Å²) in [6.07, 6.45) is 1.66. The maximum absolute atomic E-state index is 12.4. The molecule has 1 aliphatic rings. The third-order valence-corrected chi connectivity index (χ3v) is 3.38. The molecule has 0 heterocycles. The molecule has 2 aromatic rings. The lowest BCUT2D eigenvalue weighted by Crippen LogP contribution is -2.19. The molecular weight excluding hydrogens is 252 g/mol. The summed E-state index contributed by atoms with van der Waals surface area (Å²) in [5.41, 5.74) is 1.87. The molecule has 0 fully saturated rings. The molecular formula is C17H12O3. The number of fused-ring (bicyclic) bond motifs is 1. The molecule has 3 nitrogen and oxygen atoms in total. The smallest absolute Gasteiger partial charge is 0.190 e. The molecule has 20 heavy (non-hydrogen) atoms. The molecule has 0 saturated carbocycles. The van der Waals surface area contributed by atoms with Gasteiger partial charge in [-0.05, 0) is 12.1 Å². The lowest BCUT2D eigenvalue weighted by Gasteiger charge is -2.16. The maximum atomic E-state index is 12.4. The first-order valence-corrected chi connectivity index (χ1v) is 6.32. The average Bonchev–Trinajstić information content (AvgIpc) is 2.47. The Kier molecular flexibility index (Phi) is 2.95. The highest BCUT2D eigenvalue weighted by molar-refractivity contribution is 6.23. The minimum atomic E-state index is -0.150. The summed E-state index contributed by atoms with van der Waals surface area (Å²) in [5.74, 6) is -0.121. The fraction of sp³-hybridized carbons (Fsp3) is 0.0588. The quantitative estimate of drug-likeness (QED) is 0.804. The fourth-order valence-corrected chi connectivity index (χ4v) is 2.36. The van der Waals surface area contributed by atoms with Crippen LogP contribution in [0.4, 0.5) is 0 Å². The molecule has 0 atom stereocenters. The molecule has 0 spiro atoms. The molecule has 0 aliphatic heterocycles. The first-order valence-electron chi connectivity index (χ1n) is 6.32. The van der Waals surface area contributed by atoms with E-state index in [1.165, 1.54) is 0 Å². The number of hydrogen-bond donors (Lipinski definition) is 1. The lowest BCUT2D eigenvalue weighted by atomic mass is 9.85. The second-order valence-electron chi connectivity index (χ2n) is 4.70. The van der Waals surface area contributed by atoms with Gasteiger partial charge in [-0.1, -0.05) is 42.5 Å². The van der Waals surface area contributed by atoms with Gasteiger partial charge >= 0.3 is 0 Å². The number of carbonyl (C=O) groups excluding carboxylic acids is 2. The standard InChI is InChI=1S/C17H12O3/c18-15-8-4-1-5-11(15)9-12-10-16(19)13-6-2-3-7-14(13)17(12)20/h1-9,18H,10H2/b12-9+. The van der Waals surface area contributed by atoms with E-state index in [1.807, 2.05) is 0 Å². The van der Waals surface area contributed by atoms with Crippen molar-refractivity contribution < 1.29 is 14.7 Å². The molecule has 0 aromatic heterocycles. The van der Waals surface area contributed by atoms with Gasteiger partial charge < -0.3 is 5.11 Å². The van der Waals surface area contributed by atoms with Crippen molar-refractivity contribution in [1.82, 2.24) is 0 Å². The Morgan fingerprint density at radius 2 is 1.55 bits per heavy atom.